The fourth-order valence-corrected chi connectivity index (χ4v) is 3.09. The number of anilines is 1. The third kappa shape index (κ3) is 4.77. The summed E-state index contributed by atoms with van der Waals surface area (Å²) in [6, 6.07) is 14.9. The predicted molar refractivity (Wildman–Crippen MR) is 110 cm³/mol. The summed E-state index contributed by atoms with van der Waals surface area (Å²) in [6.45, 7) is 8.37. The van der Waals surface area contributed by atoms with Crippen molar-refractivity contribution in [2.45, 2.75) is 39.8 Å². The lowest BCUT2D eigenvalue weighted by atomic mass is 10.2. The monoisotopic (exact) mass is 414 g/mol. The maximum absolute atomic E-state index is 10.3. The van der Waals surface area contributed by atoms with Crippen molar-refractivity contribution in [2.24, 2.45) is 4.99 Å². The van der Waals surface area contributed by atoms with E-state index in [9.17, 15) is 5.11 Å². The lowest BCUT2D eigenvalue weighted by Gasteiger charge is -2.34. The number of guanidine groups is 1. The van der Waals surface area contributed by atoms with Crippen molar-refractivity contribution in [2.75, 3.05) is 5.32 Å². The normalized spacial score (nSPS) is 11.5. The number of phenolic OH excluding ortho intramolecular Hbond substituents is 1. The van der Waals surface area contributed by atoms with Crippen molar-refractivity contribution in [3.05, 3.63) is 52.5 Å². The van der Waals surface area contributed by atoms with Gasteiger partial charge in [-0.2, -0.15) is 5.26 Å². The largest absolute Gasteiger partial charge is 0.506 e. The summed E-state index contributed by atoms with van der Waals surface area (Å²) in [6.07, 6.45) is 0. The van der Waals surface area contributed by atoms with Gasteiger partial charge in [0.2, 0.25) is 5.96 Å². The Hall–Kier alpha value is -2.52. The van der Waals surface area contributed by atoms with E-state index >= 15 is 0 Å². The van der Waals surface area contributed by atoms with E-state index in [-0.39, 0.29) is 17.8 Å². The number of halogens is 1. The van der Waals surface area contributed by atoms with Gasteiger partial charge in [0, 0.05) is 16.6 Å². The Morgan fingerprint density at radius 3 is 2.35 bits per heavy atom. The Morgan fingerprint density at radius 1 is 1.15 bits per heavy atom. The molecule has 136 valence electrons. The zero-order valence-corrected chi connectivity index (χ0v) is 16.9. The van der Waals surface area contributed by atoms with E-state index in [0.717, 1.165) is 10.2 Å². The first kappa shape index (κ1) is 19.8. The van der Waals surface area contributed by atoms with Gasteiger partial charge < -0.3 is 15.3 Å². The molecule has 0 aromatic heterocycles. The Balaban J connectivity index is 2.51. The van der Waals surface area contributed by atoms with Crippen LogP contribution in [0.5, 0.6) is 5.75 Å². The van der Waals surface area contributed by atoms with Crippen LogP contribution < -0.4 is 5.32 Å². The second-order valence-corrected chi connectivity index (χ2v) is 7.30. The predicted octanol–water partition coefficient (Wildman–Crippen LogP) is 5.24. The fourth-order valence-electron chi connectivity index (χ4n) is 2.72. The molecule has 0 aliphatic rings. The lowest BCUT2D eigenvalue weighted by molar-refractivity contribution is 0.291. The van der Waals surface area contributed by atoms with Crippen LogP contribution in [0.3, 0.4) is 0 Å². The number of aromatic hydroxyl groups is 1. The molecule has 0 spiro atoms. The van der Waals surface area contributed by atoms with Gasteiger partial charge in [0.15, 0.2) is 0 Å². The van der Waals surface area contributed by atoms with E-state index < -0.39 is 0 Å². The average molecular weight is 415 g/mol. The van der Waals surface area contributed by atoms with Crippen molar-refractivity contribution < 1.29 is 5.11 Å². The molecule has 5 nitrogen and oxygen atoms in total. The zero-order valence-electron chi connectivity index (χ0n) is 15.4. The van der Waals surface area contributed by atoms with Crippen LogP contribution in [0.15, 0.2) is 51.9 Å². The minimum absolute atomic E-state index is 0.0105. The highest BCUT2D eigenvalue weighted by Crippen LogP contribution is 2.28. The number of hydrogen-bond acceptors (Lipinski definition) is 3. The first-order valence-corrected chi connectivity index (χ1v) is 9.24. The van der Waals surface area contributed by atoms with Gasteiger partial charge in [-0.15, -0.1) is 0 Å². The summed E-state index contributed by atoms with van der Waals surface area (Å²) in [5, 5.41) is 22.5. The van der Waals surface area contributed by atoms with Gasteiger partial charge >= 0.3 is 0 Å². The van der Waals surface area contributed by atoms with Crippen molar-refractivity contribution in [3.63, 3.8) is 0 Å². The van der Waals surface area contributed by atoms with Crippen LogP contribution in [-0.2, 0) is 0 Å². The second-order valence-electron chi connectivity index (χ2n) is 6.45. The van der Waals surface area contributed by atoms with Crippen molar-refractivity contribution in [1.82, 2.24) is 4.90 Å². The summed E-state index contributed by atoms with van der Waals surface area (Å²) in [4.78, 5) is 6.92. The maximum Gasteiger partial charge on any atom is 0.204 e. The van der Waals surface area contributed by atoms with E-state index in [4.69, 9.17) is 10.3 Å². The molecule has 0 aliphatic heterocycles. The van der Waals surface area contributed by atoms with Crippen molar-refractivity contribution >= 4 is 33.3 Å². The number of phenols is 1. The van der Waals surface area contributed by atoms with E-state index in [1.807, 2.05) is 30.3 Å². The van der Waals surface area contributed by atoms with Gasteiger partial charge in [-0.25, -0.2) is 4.99 Å². The lowest BCUT2D eigenvalue weighted by Crippen LogP contribution is -2.45. The van der Waals surface area contributed by atoms with Crippen LogP contribution in [0.25, 0.3) is 0 Å². The number of hydrogen-bond donors (Lipinski definition) is 2. The van der Waals surface area contributed by atoms with Crippen LogP contribution in [0.1, 0.15) is 33.3 Å². The third-order valence-electron chi connectivity index (χ3n) is 3.81. The van der Waals surface area contributed by atoms with Crippen LogP contribution in [0, 0.1) is 11.3 Å². The molecular weight excluding hydrogens is 392 g/mol. The van der Waals surface area contributed by atoms with Crippen LogP contribution >= 0.6 is 15.9 Å². The molecular formula is C20H23BrN4O. The number of para-hydroxylation sites is 1. The Labute approximate surface area is 163 Å². The molecule has 0 saturated heterocycles. The number of nitrogens with one attached hydrogen (secondary N) is 1. The second kappa shape index (κ2) is 8.72. The molecule has 0 fully saturated rings. The fraction of sp³-hybridized carbons (Fsp3) is 0.300. The molecule has 0 unspecified atom stereocenters. The molecule has 0 saturated carbocycles. The van der Waals surface area contributed by atoms with E-state index in [2.05, 4.69) is 53.8 Å². The summed E-state index contributed by atoms with van der Waals surface area (Å²) < 4.78 is 0.885. The molecule has 2 aromatic carbocycles. The zero-order chi connectivity index (χ0) is 19.3. The quantitative estimate of drug-likeness (QED) is 0.407. The summed E-state index contributed by atoms with van der Waals surface area (Å²) >= 11 is 3.53. The van der Waals surface area contributed by atoms with Gasteiger partial charge in [0.1, 0.15) is 5.75 Å². The molecule has 0 amide bonds. The molecule has 6 heteroatoms. The molecule has 26 heavy (non-hydrogen) atoms. The molecule has 0 bridgehead atoms. The topological polar surface area (TPSA) is 71.7 Å². The van der Waals surface area contributed by atoms with E-state index in [0.29, 0.717) is 17.2 Å². The SMILES string of the molecule is CC(C)N(C(=Nc1ccccc1Br)Nc1ccc(C#N)cc1O)C(C)C. The Bertz CT molecular complexity index is 832. The van der Waals surface area contributed by atoms with Crippen molar-refractivity contribution in [1.29, 1.82) is 5.26 Å². The van der Waals surface area contributed by atoms with Crippen LogP contribution in [-0.4, -0.2) is 28.0 Å². The molecule has 2 N–H and O–H groups in total. The highest BCUT2D eigenvalue weighted by atomic mass is 79.9. The molecule has 2 aromatic rings. The van der Waals surface area contributed by atoms with Crippen LogP contribution in [0.4, 0.5) is 11.4 Å². The number of rotatable bonds is 4. The average Bonchev–Trinajstić information content (AvgIpc) is 2.57. The standard InChI is InChI=1S/C20H23BrN4O/c1-13(2)25(14(3)4)20(23-17-8-6-5-7-16(17)21)24-18-10-9-15(12-22)11-19(18)26/h5-11,13-14,26H,1-4H3,(H,23,24). The van der Waals surface area contributed by atoms with Crippen LogP contribution in [0.2, 0.25) is 0 Å². The first-order chi connectivity index (χ1) is 12.3. The van der Waals surface area contributed by atoms with Gasteiger partial charge in [-0.3, -0.25) is 0 Å². The molecule has 0 atom stereocenters. The van der Waals surface area contributed by atoms with Gasteiger partial charge in [-0.05, 0) is 74.0 Å². The minimum Gasteiger partial charge on any atom is -0.506 e. The van der Waals surface area contributed by atoms with Crippen molar-refractivity contribution in [3.8, 4) is 11.8 Å². The summed E-state index contributed by atoms with van der Waals surface area (Å²) in [7, 11) is 0. The maximum atomic E-state index is 10.3. The molecule has 0 radical (unpaired) electrons. The number of aliphatic imine (C=N–C) groups is 1. The Morgan fingerprint density at radius 2 is 1.81 bits per heavy atom. The highest BCUT2D eigenvalue weighted by Gasteiger charge is 2.20. The number of benzene rings is 2. The first-order valence-electron chi connectivity index (χ1n) is 8.45. The van der Waals surface area contributed by atoms with Gasteiger partial charge in [0.05, 0.1) is 23.0 Å². The molecule has 0 heterocycles. The van der Waals surface area contributed by atoms with Gasteiger partial charge in [-0.1, -0.05) is 12.1 Å². The highest BCUT2D eigenvalue weighted by molar-refractivity contribution is 9.10. The Kier molecular flexibility index (Phi) is 6.64. The smallest absolute Gasteiger partial charge is 0.204 e. The molecule has 0 aliphatic carbocycles. The van der Waals surface area contributed by atoms with Gasteiger partial charge in [0.25, 0.3) is 0 Å². The number of nitrogens with zero attached hydrogens (tertiary/aromatic N) is 3. The summed E-state index contributed by atoms with van der Waals surface area (Å²) in [5.41, 5.74) is 1.69. The molecule has 2 rings (SSSR count). The van der Waals surface area contributed by atoms with E-state index in [1.54, 1.807) is 12.1 Å². The number of nitriles is 1. The third-order valence-corrected chi connectivity index (χ3v) is 4.48. The van der Waals surface area contributed by atoms with E-state index in [1.165, 1.54) is 6.07 Å². The minimum atomic E-state index is 0.0105. The summed E-state index contributed by atoms with van der Waals surface area (Å²) in [5.74, 6) is 0.637.